The van der Waals surface area contributed by atoms with Crippen LogP contribution >= 0.6 is 11.6 Å². The molecule has 0 bridgehead atoms. The maximum absolute atomic E-state index is 5.90. The molecule has 0 saturated carbocycles. The highest BCUT2D eigenvalue weighted by atomic mass is 35.5. The summed E-state index contributed by atoms with van der Waals surface area (Å²) < 4.78 is 2.19. The van der Waals surface area contributed by atoms with Gasteiger partial charge < -0.3 is 4.57 Å². The molecule has 0 aliphatic rings. The Morgan fingerprint density at radius 1 is 1.25 bits per heavy atom. The number of halogens is 1. The molecule has 0 amide bonds. The summed E-state index contributed by atoms with van der Waals surface area (Å²) in [5.41, 5.74) is 4.32. The van der Waals surface area contributed by atoms with Crippen molar-refractivity contribution >= 4 is 22.6 Å². The Kier molecular flexibility index (Phi) is 3.65. The fraction of sp³-hybridized carbons (Fsp3) is 0.267. The maximum Gasteiger partial charge on any atom is 0.115 e. The molecule has 3 rings (SSSR count). The van der Waals surface area contributed by atoms with E-state index in [1.807, 2.05) is 6.07 Å². The predicted octanol–water partition coefficient (Wildman–Crippen LogP) is 2.96. The highest BCUT2D eigenvalue weighted by molar-refractivity contribution is 6.17. The number of para-hydroxylation sites is 1. The van der Waals surface area contributed by atoms with E-state index in [-0.39, 0.29) is 0 Å². The van der Waals surface area contributed by atoms with Crippen molar-refractivity contribution in [3.63, 3.8) is 0 Å². The minimum absolute atomic E-state index is 0.562. The summed E-state index contributed by atoms with van der Waals surface area (Å²) in [5, 5.41) is 0. The van der Waals surface area contributed by atoms with Crippen molar-refractivity contribution in [2.75, 3.05) is 5.88 Å². The normalized spacial score (nSPS) is 11.1. The summed E-state index contributed by atoms with van der Waals surface area (Å²) in [6.45, 7) is 2.77. The van der Waals surface area contributed by atoms with E-state index in [0.717, 1.165) is 29.0 Å². The summed E-state index contributed by atoms with van der Waals surface area (Å²) in [6.07, 6.45) is 4.08. The second-order valence-corrected chi connectivity index (χ2v) is 5.07. The Morgan fingerprint density at radius 3 is 2.90 bits per heavy atom. The predicted molar refractivity (Wildman–Crippen MR) is 80.0 cm³/mol. The third kappa shape index (κ3) is 2.39. The van der Waals surface area contributed by atoms with Gasteiger partial charge in [-0.3, -0.25) is 0 Å². The minimum Gasteiger partial charge on any atom is -0.322 e. The van der Waals surface area contributed by atoms with Crippen LogP contribution in [0.5, 0.6) is 0 Å². The maximum atomic E-state index is 5.90. The summed E-state index contributed by atoms with van der Waals surface area (Å²) in [4.78, 5) is 13.0. The number of imidazole rings is 1. The molecule has 2 aromatic heterocycles. The SMILES string of the molecule is Cc1cccc2c1nc(CCCl)n2Cc1ccncn1. The van der Waals surface area contributed by atoms with Gasteiger partial charge >= 0.3 is 0 Å². The number of aromatic nitrogens is 4. The molecule has 3 aromatic rings. The quantitative estimate of drug-likeness (QED) is 0.693. The standard InChI is InChI=1S/C15H15ClN4/c1-11-3-2-4-13-15(11)19-14(5-7-16)20(13)9-12-6-8-17-10-18-12/h2-4,6,8,10H,5,7,9H2,1H3. The van der Waals surface area contributed by atoms with E-state index in [9.17, 15) is 0 Å². The van der Waals surface area contributed by atoms with Crippen LogP contribution in [0.3, 0.4) is 0 Å². The number of benzene rings is 1. The van der Waals surface area contributed by atoms with E-state index in [1.54, 1.807) is 12.5 Å². The number of alkyl halides is 1. The van der Waals surface area contributed by atoms with E-state index in [4.69, 9.17) is 16.6 Å². The largest absolute Gasteiger partial charge is 0.322 e. The van der Waals surface area contributed by atoms with Gasteiger partial charge in [0.15, 0.2) is 0 Å². The molecule has 0 unspecified atom stereocenters. The molecule has 0 N–H and O–H groups in total. The van der Waals surface area contributed by atoms with Gasteiger partial charge in [0.1, 0.15) is 12.2 Å². The Bertz CT molecular complexity index is 721. The monoisotopic (exact) mass is 286 g/mol. The first kappa shape index (κ1) is 13.1. The molecule has 0 saturated heterocycles. The van der Waals surface area contributed by atoms with Crippen molar-refractivity contribution in [1.29, 1.82) is 0 Å². The van der Waals surface area contributed by atoms with Crippen molar-refractivity contribution in [3.05, 3.63) is 53.9 Å². The number of hydrogen-bond acceptors (Lipinski definition) is 3. The lowest BCUT2D eigenvalue weighted by Crippen LogP contribution is -2.07. The van der Waals surface area contributed by atoms with E-state index < -0.39 is 0 Å². The lowest BCUT2D eigenvalue weighted by atomic mass is 10.2. The molecule has 0 fully saturated rings. The van der Waals surface area contributed by atoms with Crippen molar-refractivity contribution in [2.45, 2.75) is 19.9 Å². The van der Waals surface area contributed by atoms with Gasteiger partial charge in [-0.05, 0) is 24.6 Å². The fourth-order valence-corrected chi connectivity index (χ4v) is 2.53. The number of fused-ring (bicyclic) bond motifs is 1. The molecule has 0 radical (unpaired) electrons. The van der Waals surface area contributed by atoms with Crippen LogP contribution in [0, 0.1) is 6.92 Å². The van der Waals surface area contributed by atoms with Crippen molar-refractivity contribution in [3.8, 4) is 0 Å². The Labute approximate surface area is 122 Å². The average Bonchev–Trinajstić information content (AvgIpc) is 2.81. The second-order valence-electron chi connectivity index (χ2n) is 4.70. The smallest absolute Gasteiger partial charge is 0.115 e. The third-order valence-electron chi connectivity index (χ3n) is 3.34. The van der Waals surface area contributed by atoms with Gasteiger partial charge in [0.25, 0.3) is 0 Å². The van der Waals surface area contributed by atoms with Gasteiger partial charge in [-0.2, -0.15) is 0 Å². The van der Waals surface area contributed by atoms with Crippen molar-refractivity contribution in [2.24, 2.45) is 0 Å². The van der Waals surface area contributed by atoms with E-state index in [2.05, 4.69) is 39.7 Å². The topological polar surface area (TPSA) is 43.6 Å². The first-order valence-electron chi connectivity index (χ1n) is 6.55. The molecule has 0 atom stereocenters. The molecule has 102 valence electrons. The number of aryl methyl sites for hydroxylation is 2. The van der Waals surface area contributed by atoms with Crippen LogP contribution in [0.4, 0.5) is 0 Å². The zero-order chi connectivity index (χ0) is 13.9. The summed E-state index contributed by atoms with van der Waals surface area (Å²) in [5.74, 6) is 1.56. The van der Waals surface area contributed by atoms with Gasteiger partial charge in [0, 0.05) is 18.5 Å². The van der Waals surface area contributed by atoms with Crippen LogP contribution < -0.4 is 0 Å². The molecular formula is C15H15ClN4. The van der Waals surface area contributed by atoms with E-state index in [1.165, 1.54) is 5.56 Å². The zero-order valence-corrected chi connectivity index (χ0v) is 12.0. The third-order valence-corrected chi connectivity index (χ3v) is 3.53. The second kappa shape index (κ2) is 5.59. The van der Waals surface area contributed by atoms with E-state index >= 15 is 0 Å². The highest BCUT2D eigenvalue weighted by Crippen LogP contribution is 2.21. The summed E-state index contributed by atoms with van der Waals surface area (Å²) in [7, 11) is 0. The first-order chi connectivity index (χ1) is 9.79. The molecule has 4 nitrogen and oxygen atoms in total. The average molecular weight is 287 g/mol. The molecule has 2 heterocycles. The van der Waals surface area contributed by atoms with Gasteiger partial charge in [-0.1, -0.05) is 12.1 Å². The van der Waals surface area contributed by atoms with Crippen LogP contribution in [-0.4, -0.2) is 25.4 Å². The zero-order valence-electron chi connectivity index (χ0n) is 11.3. The summed E-state index contributed by atoms with van der Waals surface area (Å²) >= 11 is 5.90. The van der Waals surface area contributed by atoms with Crippen molar-refractivity contribution < 1.29 is 0 Å². The molecule has 0 aliphatic carbocycles. The van der Waals surface area contributed by atoms with Crippen LogP contribution in [0.2, 0.25) is 0 Å². The van der Waals surface area contributed by atoms with Gasteiger partial charge in [-0.15, -0.1) is 11.6 Å². The molecule has 20 heavy (non-hydrogen) atoms. The van der Waals surface area contributed by atoms with Crippen LogP contribution in [0.15, 0.2) is 36.8 Å². The number of rotatable bonds is 4. The Morgan fingerprint density at radius 2 is 2.15 bits per heavy atom. The fourth-order valence-electron chi connectivity index (χ4n) is 2.36. The van der Waals surface area contributed by atoms with Crippen LogP contribution in [0.1, 0.15) is 17.1 Å². The molecule has 0 spiro atoms. The number of hydrogen-bond donors (Lipinski definition) is 0. The van der Waals surface area contributed by atoms with Gasteiger partial charge in [-0.25, -0.2) is 15.0 Å². The molecule has 5 heteroatoms. The first-order valence-corrected chi connectivity index (χ1v) is 7.08. The van der Waals surface area contributed by atoms with Crippen LogP contribution in [-0.2, 0) is 13.0 Å². The lowest BCUT2D eigenvalue weighted by Gasteiger charge is -2.07. The van der Waals surface area contributed by atoms with Crippen molar-refractivity contribution in [1.82, 2.24) is 19.5 Å². The van der Waals surface area contributed by atoms with Gasteiger partial charge in [0.05, 0.1) is 23.3 Å². The van der Waals surface area contributed by atoms with Crippen LogP contribution in [0.25, 0.3) is 11.0 Å². The highest BCUT2D eigenvalue weighted by Gasteiger charge is 2.12. The summed E-state index contributed by atoms with van der Waals surface area (Å²) in [6, 6.07) is 8.15. The molecular weight excluding hydrogens is 272 g/mol. The Balaban J connectivity index is 2.12. The molecule has 0 aliphatic heterocycles. The molecule has 1 aromatic carbocycles. The number of nitrogens with zero attached hydrogens (tertiary/aromatic N) is 4. The Hall–Kier alpha value is -1.94. The lowest BCUT2D eigenvalue weighted by molar-refractivity contribution is 0.735. The van der Waals surface area contributed by atoms with E-state index in [0.29, 0.717) is 12.4 Å². The van der Waals surface area contributed by atoms with Gasteiger partial charge in [0.2, 0.25) is 0 Å². The minimum atomic E-state index is 0.562.